The lowest BCUT2D eigenvalue weighted by Gasteiger charge is -2.19. The van der Waals surface area contributed by atoms with Crippen LogP contribution in [0.5, 0.6) is 0 Å². The van der Waals surface area contributed by atoms with Crippen molar-refractivity contribution in [2.45, 2.75) is 217 Å². The predicted molar refractivity (Wildman–Crippen MR) is 268 cm³/mol. The summed E-state index contributed by atoms with van der Waals surface area (Å²) in [4.78, 5) is 110. The van der Waals surface area contributed by atoms with Gasteiger partial charge >= 0.3 is 17.9 Å². The third kappa shape index (κ3) is 39.0. The number of carboxylic acids is 3. The number of carbonyl (C=O) groups excluding carboxylic acids is 6. The lowest BCUT2D eigenvalue weighted by Crippen LogP contribution is -2.41. The van der Waals surface area contributed by atoms with Crippen LogP contribution in [0.25, 0.3) is 0 Å². The van der Waals surface area contributed by atoms with E-state index in [0.29, 0.717) is 70.4 Å². The highest BCUT2D eigenvalue weighted by atomic mass is 16.5. The van der Waals surface area contributed by atoms with Gasteiger partial charge in [0, 0.05) is 51.7 Å². The van der Waals surface area contributed by atoms with E-state index in [1.54, 1.807) is 0 Å². The van der Waals surface area contributed by atoms with Gasteiger partial charge in [-0.15, -0.1) is 0 Å². The van der Waals surface area contributed by atoms with Crippen LogP contribution >= 0.6 is 0 Å². The third-order valence-electron chi connectivity index (χ3n) is 12.7. The highest BCUT2D eigenvalue weighted by Gasteiger charge is 2.27. The normalized spacial score (nSPS) is 14.1. The Kier molecular flexibility index (Phi) is 38.3. The first-order valence-corrected chi connectivity index (χ1v) is 26.8. The highest BCUT2D eigenvalue weighted by Crippen LogP contribution is 2.27. The minimum atomic E-state index is -1.30. The molecule has 0 aromatic rings. The Bertz CT molecular complexity index is 1580. The van der Waals surface area contributed by atoms with Gasteiger partial charge < -0.3 is 56.6 Å². The van der Waals surface area contributed by atoms with E-state index >= 15 is 0 Å². The Labute approximate surface area is 423 Å². The SMILES string of the molecule is [3H]C(=O)[C@H](CCCCNC(=O)COCCOCCCC(=O)[C@H](CCCCN)NC(=O)CC[C@H](CC(=O)CC[C@H](NC(=O)CCCCCCCCCCCCCCCCC(=O)O)C(=O)O)C(=O)O)NCC1CC1. The minimum Gasteiger partial charge on any atom is -0.481 e. The molecule has 4 atom stereocenters. The van der Waals surface area contributed by atoms with Crippen molar-refractivity contribution in [1.29, 1.82) is 0 Å². The van der Waals surface area contributed by atoms with Gasteiger partial charge in [0.05, 0.1) is 31.2 Å². The van der Waals surface area contributed by atoms with Crippen LogP contribution in [0.1, 0.15) is 200 Å². The van der Waals surface area contributed by atoms with E-state index in [-0.39, 0.29) is 83.1 Å². The Morgan fingerprint density at radius 1 is 0.577 bits per heavy atom. The maximum Gasteiger partial charge on any atom is 0.326 e. The zero-order valence-corrected chi connectivity index (χ0v) is 42.7. The molecule has 19 heteroatoms. The van der Waals surface area contributed by atoms with Crippen LogP contribution in [0, 0.1) is 11.8 Å². The van der Waals surface area contributed by atoms with Crippen LogP contribution in [0.4, 0.5) is 0 Å². The molecule has 0 unspecified atom stereocenters. The number of Topliss-reactive ketones (excluding diaryl/α,β-unsaturated/α-hetero) is 2. The number of rotatable bonds is 52. The zero-order valence-electron chi connectivity index (χ0n) is 43.7. The van der Waals surface area contributed by atoms with Gasteiger partial charge in [0.1, 0.15) is 26.1 Å². The van der Waals surface area contributed by atoms with Gasteiger partial charge in [-0.1, -0.05) is 77.0 Å². The molecule has 3 amide bonds. The minimum absolute atomic E-state index is 0.110. The van der Waals surface area contributed by atoms with Crippen LogP contribution in [0.15, 0.2) is 0 Å². The lowest BCUT2D eigenvalue weighted by molar-refractivity contribution is -0.145. The summed E-state index contributed by atoms with van der Waals surface area (Å²) in [6, 6.07) is -2.59. The van der Waals surface area contributed by atoms with Crippen molar-refractivity contribution in [3.8, 4) is 0 Å². The van der Waals surface area contributed by atoms with Gasteiger partial charge in [-0.3, -0.25) is 33.6 Å². The Morgan fingerprint density at radius 2 is 1.15 bits per heavy atom. The second-order valence-corrected chi connectivity index (χ2v) is 19.2. The molecule has 0 saturated heterocycles. The van der Waals surface area contributed by atoms with E-state index in [9.17, 15) is 53.4 Å². The zero-order chi connectivity index (χ0) is 53.2. The molecular weight excluding hydrogens is 919 g/mol. The summed E-state index contributed by atoms with van der Waals surface area (Å²) in [5.41, 5.74) is 5.63. The molecule has 1 rings (SSSR count). The van der Waals surface area contributed by atoms with E-state index in [4.69, 9.17) is 21.7 Å². The summed E-state index contributed by atoms with van der Waals surface area (Å²) in [7, 11) is 0. The molecule has 0 heterocycles. The predicted octanol–water partition coefficient (Wildman–Crippen LogP) is 5.95. The number of aldehydes is 1. The molecule has 1 aliphatic rings. The van der Waals surface area contributed by atoms with Crippen LogP contribution in [0.2, 0.25) is 0 Å². The van der Waals surface area contributed by atoms with Gasteiger partial charge in [-0.05, 0) is 102 Å². The van der Waals surface area contributed by atoms with E-state index < -0.39 is 72.2 Å². The Hall–Kier alpha value is -4.33. The molecule has 0 aliphatic heterocycles. The largest absolute Gasteiger partial charge is 0.481 e. The number of nitrogens with one attached hydrogen (secondary N) is 4. The first kappa shape index (κ1) is 62.8. The number of carbonyl (C=O) groups is 9. The second kappa shape index (κ2) is 43.3. The molecular formula is C52H91N5O14. The second-order valence-electron chi connectivity index (χ2n) is 19.2. The number of nitrogens with two attached hydrogens (primary N) is 1. The molecule has 0 aromatic heterocycles. The molecule has 0 radical (unpaired) electrons. The summed E-state index contributed by atoms with van der Waals surface area (Å²) in [5.74, 6) is -5.88. The molecule has 1 saturated carbocycles. The fourth-order valence-corrected chi connectivity index (χ4v) is 8.07. The fourth-order valence-electron chi connectivity index (χ4n) is 8.07. The van der Waals surface area contributed by atoms with Gasteiger partial charge in [-0.25, -0.2) is 4.79 Å². The van der Waals surface area contributed by atoms with Gasteiger partial charge in [0.25, 0.3) is 0 Å². The first-order valence-electron chi connectivity index (χ1n) is 27.3. The number of hydrogen-bond donors (Lipinski definition) is 8. The van der Waals surface area contributed by atoms with Crippen molar-refractivity contribution < 1.29 is 69.3 Å². The molecule has 408 valence electrons. The van der Waals surface area contributed by atoms with E-state index in [1.807, 2.05) is 0 Å². The smallest absolute Gasteiger partial charge is 0.326 e. The third-order valence-corrected chi connectivity index (χ3v) is 12.7. The summed E-state index contributed by atoms with van der Waals surface area (Å²) in [6.45, 7) is 2.05. The van der Waals surface area contributed by atoms with E-state index in [2.05, 4.69) is 21.3 Å². The molecule has 1 fully saturated rings. The van der Waals surface area contributed by atoms with Crippen LogP contribution in [0.3, 0.4) is 0 Å². The van der Waals surface area contributed by atoms with Crippen molar-refractivity contribution in [2.24, 2.45) is 17.6 Å². The molecule has 0 spiro atoms. The molecule has 9 N–H and O–H groups in total. The Morgan fingerprint density at radius 3 is 1.73 bits per heavy atom. The highest BCUT2D eigenvalue weighted by molar-refractivity contribution is 5.89. The first-order chi connectivity index (χ1) is 34.6. The molecule has 0 bridgehead atoms. The monoisotopic (exact) mass is 1010 g/mol. The summed E-state index contributed by atoms with van der Waals surface area (Å²) < 4.78 is 18.3. The number of aliphatic carboxylic acids is 3. The number of carboxylic acid groups (broad SMARTS) is 3. The summed E-state index contributed by atoms with van der Waals surface area (Å²) in [5, 5.41) is 39.3. The summed E-state index contributed by atoms with van der Waals surface area (Å²) in [6.07, 6.45) is 19.2. The molecule has 19 nitrogen and oxygen atoms in total. The molecule has 0 aromatic carbocycles. The molecule has 1 aliphatic carbocycles. The maximum absolute atomic E-state index is 13.1. The fraction of sp³-hybridized carbons (Fsp3) is 0.827. The number of ketones is 2. The number of amides is 3. The van der Waals surface area contributed by atoms with Crippen LogP contribution in [-0.2, 0) is 52.6 Å². The number of hydrogen-bond acceptors (Lipinski definition) is 13. The Balaban J connectivity index is 2.28. The van der Waals surface area contributed by atoms with Crippen molar-refractivity contribution >= 4 is 53.5 Å². The average Bonchev–Trinajstić information content (AvgIpc) is 4.17. The van der Waals surface area contributed by atoms with Gasteiger partial charge in [-0.2, -0.15) is 0 Å². The van der Waals surface area contributed by atoms with E-state index in [0.717, 1.165) is 77.2 Å². The van der Waals surface area contributed by atoms with Crippen LogP contribution < -0.4 is 27.0 Å². The maximum atomic E-state index is 13.1. The van der Waals surface area contributed by atoms with Crippen molar-refractivity contribution in [2.75, 3.05) is 46.1 Å². The van der Waals surface area contributed by atoms with E-state index in [1.165, 1.54) is 25.7 Å². The number of unbranched alkanes of at least 4 members (excludes halogenated alkanes) is 15. The topological polar surface area (TPSA) is 307 Å². The number of ether oxygens (including phenoxy) is 2. The molecule has 71 heavy (non-hydrogen) atoms. The quantitative estimate of drug-likeness (QED) is 0.0258. The van der Waals surface area contributed by atoms with Crippen molar-refractivity contribution in [1.82, 2.24) is 21.3 Å². The van der Waals surface area contributed by atoms with Crippen molar-refractivity contribution in [3.05, 3.63) is 0 Å². The standard InChI is InChI=1S/C52H91N5O14/c53-31-17-15-21-44(46(60)22-19-33-70-34-35-71-39-49(63)54-32-18-16-20-42(38-58)55-37-40-25-26-40)56-48(62)30-27-41(51(66)67)36-43(59)28-29-45(52(68)69)57-47(61)23-13-11-9-7-5-3-1-2-4-6-8-10-12-14-24-50(64)65/h38,40-42,44-45,55H,1-37,39,53H2,(H,54,63)(H,56,62)(H,57,61)(H,64,65)(H,66,67)(H,68,69)/t41-,42+,44+,45+/m1/s1/i38T. The van der Waals surface area contributed by atoms with Gasteiger partial charge in [0.15, 0.2) is 5.78 Å². The average molecular weight is 1010 g/mol. The van der Waals surface area contributed by atoms with Crippen molar-refractivity contribution in [3.63, 3.8) is 0 Å². The lowest BCUT2D eigenvalue weighted by atomic mass is 9.94. The van der Waals surface area contributed by atoms with Gasteiger partial charge in [0.2, 0.25) is 17.7 Å². The summed E-state index contributed by atoms with van der Waals surface area (Å²) >= 11 is 0. The van der Waals surface area contributed by atoms with Crippen LogP contribution in [-0.4, -0.2) is 133 Å².